The molecule has 1 amide bonds. The highest BCUT2D eigenvalue weighted by molar-refractivity contribution is 5.94. The molecule has 2 heterocycles. The highest BCUT2D eigenvalue weighted by Gasteiger charge is 2.14. The van der Waals surface area contributed by atoms with Crippen LogP contribution in [0, 0.1) is 13.8 Å². The summed E-state index contributed by atoms with van der Waals surface area (Å²) >= 11 is 0. The molecule has 1 unspecified atom stereocenters. The Kier molecular flexibility index (Phi) is 3.58. The molecule has 0 bridgehead atoms. The van der Waals surface area contributed by atoms with Gasteiger partial charge in [-0.3, -0.25) is 4.79 Å². The van der Waals surface area contributed by atoms with Crippen molar-refractivity contribution in [1.82, 2.24) is 25.7 Å². The van der Waals surface area contributed by atoms with Gasteiger partial charge in [-0.15, -0.1) is 5.10 Å². The van der Waals surface area contributed by atoms with Gasteiger partial charge in [0.05, 0.1) is 6.04 Å². The maximum absolute atomic E-state index is 12.3. The number of nitrogens with one attached hydrogen (secondary N) is 2. The lowest BCUT2D eigenvalue weighted by Gasteiger charge is -2.15. The summed E-state index contributed by atoms with van der Waals surface area (Å²) in [5.74, 6) is -0.225. The molecular formula is C16H17N5O. The summed E-state index contributed by atoms with van der Waals surface area (Å²) in [5, 5.41) is 13.3. The van der Waals surface area contributed by atoms with E-state index >= 15 is 0 Å². The number of aromatic nitrogens is 4. The van der Waals surface area contributed by atoms with Gasteiger partial charge in [0, 0.05) is 0 Å². The molecule has 0 fully saturated rings. The molecule has 1 atom stereocenters. The lowest BCUT2D eigenvalue weighted by molar-refractivity contribution is 0.0935. The van der Waals surface area contributed by atoms with Crippen LogP contribution in [0.15, 0.2) is 30.3 Å². The topological polar surface area (TPSA) is 83.6 Å². The number of rotatable bonds is 3. The second-order valence-electron chi connectivity index (χ2n) is 5.48. The van der Waals surface area contributed by atoms with Gasteiger partial charge in [0.15, 0.2) is 0 Å². The van der Waals surface area contributed by atoms with Crippen molar-refractivity contribution < 1.29 is 4.79 Å². The molecular weight excluding hydrogens is 278 g/mol. The molecule has 0 aliphatic carbocycles. The molecule has 6 nitrogen and oxygen atoms in total. The van der Waals surface area contributed by atoms with Gasteiger partial charge in [-0.05, 0) is 38.5 Å². The monoisotopic (exact) mass is 295 g/mol. The molecule has 2 N–H and O–H groups in total. The minimum absolute atomic E-state index is 0.0964. The van der Waals surface area contributed by atoms with Crippen LogP contribution in [0.5, 0.6) is 0 Å². The van der Waals surface area contributed by atoms with E-state index in [-0.39, 0.29) is 11.9 Å². The second-order valence-corrected chi connectivity index (χ2v) is 5.48. The Balaban J connectivity index is 1.80. The Morgan fingerprint density at radius 2 is 1.86 bits per heavy atom. The average Bonchev–Trinajstić information content (AvgIpc) is 2.93. The van der Waals surface area contributed by atoms with Gasteiger partial charge < -0.3 is 5.32 Å². The first kappa shape index (κ1) is 14.2. The van der Waals surface area contributed by atoms with Crippen LogP contribution >= 0.6 is 0 Å². The summed E-state index contributed by atoms with van der Waals surface area (Å²) in [4.78, 5) is 16.5. The number of carbonyl (C=O) groups excluding carboxylic acids is 1. The Bertz CT molecular complexity index is 819. The van der Waals surface area contributed by atoms with Crippen molar-refractivity contribution in [3.63, 3.8) is 0 Å². The zero-order valence-electron chi connectivity index (χ0n) is 12.7. The smallest absolute Gasteiger partial charge is 0.270 e. The van der Waals surface area contributed by atoms with Crippen molar-refractivity contribution >= 4 is 17.1 Å². The number of aryl methyl sites for hydroxylation is 2. The number of benzene rings is 1. The van der Waals surface area contributed by atoms with Gasteiger partial charge in [0.1, 0.15) is 11.2 Å². The molecule has 0 radical (unpaired) electrons. The molecule has 0 saturated carbocycles. The molecule has 0 saturated heterocycles. The predicted octanol–water partition coefficient (Wildman–Crippen LogP) is 2.46. The lowest BCUT2D eigenvalue weighted by atomic mass is 10.0. The Morgan fingerprint density at radius 3 is 2.59 bits per heavy atom. The number of nitrogens with zero attached hydrogens (tertiary/aromatic N) is 3. The number of amides is 1. The third kappa shape index (κ3) is 2.81. The van der Waals surface area contributed by atoms with E-state index in [2.05, 4.69) is 43.9 Å². The normalized spacial score (nSPS) is 12.3. The number of hydrogen-bond donors (Lipinski definition) is 2. The lowest BCUT2D eigenvalue weighted by Crippen LogP contribution is -2.27. The number of pyridine rings is 1. The highest BCUT2D eigenvalue weighted by Crippen LogP contribution is 2.17. The first-order valence-corrected chi connectivity index (χ1v) is 7.09. The number of aromatic amines is 1. The maximum atomic E-state index is 12.3. The Labute approximate surface area is 128 Å². The van der Waals surface area contributed by atoms with Gasteiger partial charge >= 0.3 is 0 Å². The first-order valence-electron chi connectivity index (χ1n) is 7.09. The second kappa shape index (κ2) is 5.55. The van der Waals surface area contributed by atoms with Gasteiger partial charge in [-0.25, -0.2) is 4.98 Å². The van der Waals surface area contributed by atoms with E-state index in [4.69, 9.17) is 0 Å². The van der Waals surface area contributed by atoms with E-state index in [0.29, 0.717) is 16.9 Å². The van der Waals surface area contributed by atoms with Crippen LogP contribution in [0.25, 0.3) is 11.2 Å². The molecule has 0 aliphatic heterocycles. The third-order valence-electron chi connectivity index (χ3n) is 3.51. The van der Waals surface area contributed by atoms with Crippen LogP contribution in [0.1, 0.15) is 40.1 Å². The van der Waals surface area contributed by atoms with Gasteiger partial charge in [-0.1, -0.05) is 29.3 Å². The van der Waals surface area contributed by atoms with E-state index in [1.54, 1.807) is 12.1 Å². The fourth-order valence-corrected chi connectivity index (χ4v) is 2.48. The van der Waals surface area contributed by atoms with Crippen molar-refractivity contribution in [2.75, 3.05) is 0 Å². The van der Waals surface area contributed by atoms with Crippen LogP contribution in [0.4, 0.5) is 0 Å². The quantitative estimate of drug-likeness (QED) is 0.777. The molecule has 6 heteroatoms. The van der Waals surface area contributed by atoms with Crippen LogP contribution in [-0.2, 0) is 0 Å². The molecule has 3 aromatic rings. The van der Waals surface area contributed by atoms with Gasteiger partial charge in [0.2, 0.25) is 5.65 Å². The van der Waals surface area contributed by atoms with E-state index in [1.807, 2.05) is 20.8 Å². The van der Waals surface area contributed by atoms with Crippen LogP contribution in [-0.4, -0.2) is 26.3 Å². The van der Waals surface area contributed by atoms with E-state index in [1.165, 1.54) is 11.1 Å². The molecule has 0 spiro atoms. The average molecular weight is 295 g/mol. The fourth-order valence-electron chi connectivity index (χ4n) is 2.48. The van der Waals surface area contributed by atoms with Crippen molar-refractivity contribution in [1.29, 1.82) is 0 Å². The SMILES string of the molecule is Cc1cc(C)cc(C(C)NC(=O)c2ccc3n[nH]nc3n2)c1. The minimum Gasteiger partial charge on any atom is -0.344 e. The number of hydrogen-bond acceptors (Lipinski definition) is 4. The molecule has 3 rings (SSSR count). The highest BCUT2D eigenvalue weighted by atomic mass is 16.1. The van der Waals surface area contributed by atoms with E-state index in [9.17, 15) is 4.79 Å². The van der Waals surface area contributed by atoms with Crippen molar-refractivity contribution in [3.8, 4) is 0 Å². The summed E-state index contributed by atoms with van der Waals surface area (Å²) in [6, 6.07) is 9.54. The zero-order valence-corrected chi connectivity index (χ0v) is 12.7. The van der Waals surface area contributed by atoms with Crippen molar-refractivity contribution in [3.05, 3.63) is 52.7 Å². The van der Waals surface area contributed by atoms with Crippen LogP contribution in [0.3, 0.4) is 0 Å². The zero-order chi connectivity index (χ0) is 15.7. The minimum atomic E-state index is -0.225. The standard InChI is InChI=1S/C16H17N5O/c1-9-6-10(2)8-12(7-9)11(3)17-16(22)14-5-4-13-15(18-14)20-21-19-13/h4-8,11H,1-3H3,(H,17,22)(H,18,19,20,21). The molecule has 1 aromatic carbocycles. The van der Waals surface area contributed by atoms with E-state index in [0.717, 1.165) is 5.56 Å². The van der Waals surface area contributed by atoms with Gasteiger partial charge in [0.25, 0.3) is 5.91 Å². The van der Waals surface area contributed by atoms with E-state index < -0.39 is 0 Å². The Hall–Kier alpha value is -2.76. The molecule has 22 heavy (non-hydrogen) atoms. The number of carbonyl (C=O) groups is 1. The fraction of sp³-hybridized carbons (Fsp3) is 0.250. The number of H-pyrrole nitrogens is 1. The summed E-state index contributed by atoms with van der Waals surface area (Å²) < 4.78 is 0. The third-order valence-corrected chi connectivity index (χ3v) is 3.51. The first-order chi connectivity index (χ1) is 10.5. The molecule has 2 aromatic heterocycles. The summed E-state index contributed by atoms with van der Waals surface area (Å²) in [5.41, 5.74) is 4.84. The summed E-state index contributed by atoms with van der Waals surface area (Å²) in [7, 11) is 0. The van der Waals surface area contributed by atoms with Crippen LogP contribution < -0.4 is 5.32 Å². The van der Waals surface area contributed by atoms with Gasteiger partial charge in [-0.2, -0.15) is 10.3 Å². The Morgan fingerprint density at radius 1 is 1.14 bits per heavy atom. The summed E-state index contributed by atoms with van der Waals surface area (Å²) in [6.07, 6.45) is 0. The molecule has 112 valence electrons. The number of fused-ring (bicyclic) bond motifs is 1. The van der Waals surface area contributed by atoms with Crippen LogP contribution in [0.2, 0.25) is 0 Å². The molecule has 0 aliphatic rings. The largest absolute Gasteiger partial charge is 0.344 e. The maximum Gasteiger partial charge on any atom is 0.270 e. The van der Waals surface area contributed by atoms with Crippen molar-refractivity contribution in [2.24, 2.45) is 0 Å². The van der Waals surface area contributed by atoms with Crippen molar-refractivity contribution in [2.45, 2.75) is 26.8 Å². The predicted molar refractivity (Wildman–Crippen MR) is 83.5 cm³/mol. The summed E-state index contributed by atoms with van der Waals surface area (Å²) in [6.45, 7) is 6.05.